The first-order chi connectivity index (χ1) is 13.4. The van der Waals surface area contributed by atoms with Crippen LogP contribution in [0.5, 0.6) is 0 Å². The average Bonchev–Trinajstić information content (AvgIpc) is 3.03. The molecule has 1 atom stereocenters. The second kappa shape index (κ2) is 11.4. The molecule has 0 saturated heterocycles. The number of ether oxygens (including phenoxy) is 1. The third kappa shape index (κ3) is 11.7. The molecule has 0 bridgehead atoms. The predicted molar refractivity (Wildman–Crippen MR) is 113 cm³/mol. The molecule has 0 saturated carbocycles. The van der Waals surface area contributed by atoms with Crippen LogP contribution >= 0.6 is 11.3 Å². The lowest BCUT2D eigenvalue weighted by Gasteiger charge is -2.28. The summed E-state index contributed by atoms with van der Waals surface area (Å²) in [6, 6.07) is 3.24. The van der Waals surface area contributed by atoms with Gasteiger partial charge in [-0.25, -0.2) is 18.0 Å². The zero-order valence-corrected chi connectivity index (χ0v) is 18.9. The van der Waals surface area contributed by atoms with Gasteiger partial charge >= 0.3 is 12.2 Å². The Labute approximate surface area is 176 Å². The Hall–Kier alpha value is -1.85. The van der Waals surface area contributed by atoms with E-state index < -0.39 is 33.9 Å². The molecule has 29 heavy (non-hydrogen) atoms. The normalized spacial score (nSPS) is 13.1. The lowest BCUT2D eigenvalue weighted by Crippen LogP contribution is -2.46. The highest BCUT2D eigenvalue weighted by atomic mass is 32.2. The van der Waals surface area contributed by atoms with E-state index in [1.54, 1.807) is 20.8 Å². The Morgan fingerprint density at radius 1 is 1.31 bits per heavy atom. The highest BCUT2D eigenvalue weighted by Crippen LogP contribution is 2.16. The molecule has 1 heterocycles. The molecule has 3 N–H and O–H groups in total. The molecule has 0 aromatic carbocycles. The van der Waals surface area contributed by atoms with E-state index in [0.717, 1.165) is 11.1 Å². The maximum absolute atomic E-state index is 12.3. The van der Waals surface area contributed by atoms with E-state index in [0.29, 0.717) is 25.8 Å². The molecule has 1 unspecified atom stereocenters. The minimum atomic E-state index is -3.50. The molecule has 0 spiro atoms. The van der Waals surface area contributed by atoms with Crippen molar-refractivity contribution < 1.29 is 27.9 Å². The first kappa shape index (κ1) is 25.2. The van der Waals surface area contributed by atoms with E-state index in [-0.39, 0.29) is 13.1 Å². The third-order valence-electron chi connectivity index (χ3n) is 3.78. The van der Waals surface area contributed by atoms with Gasteiger partial charge in [0.2, 0.25) is 10.0 Å². The molecule has 2 amide bonds. The Kier molecular flexibility index (Phi) is 9.87. The van der Waals surface area contributed by atoms with Crippen molar-refractivity contribution in [2.24, 2.45) is 0 Å². The molecule has 9 nitrogen and oxygen atoms in total. The minimum absolute atomic E-state index is 0.0995. The number of nitrogens with zero attached hydrogens (tertiary/aromatic N) is 1. The van der Waals surface area contributed by atoms with Gasteiger partial charge in [0.1, 0.15) is 5.60 Å². The van der Waals surface area contributed by atoms with Crippen molar-refractivity contribution in [2.45, 2.75) is 58.2 Å². The second-order valence-electron chi connectivity index (χ2n) is 7.71. The smallest absolute Gasteiger partial charge is 0.407 e. The SMILES string of the molecule is CC(C)(C)OC(=O)NC(CCCCNC(=O)O)CN(Cc1cccs1)S(C)(=O)=O. The minimum Gasteiger partial charge on any atom is -0.465 e. The number of unbranched alkanes of at least 4 members (excludes halogenated alkanes) is 1. The van der Waals surface area contributed by atoms with Gasteiger partial charge < -0.3 is 20.5 Å². The van der Waals surface area contributed by atoms with Crippen molar-refractivity contribution in [3.8, 4) is 0 Å². The first-order valence-electron chi connectivity index (χ1n) is 9.30. The van der Waals surface area contributed by atoms with Crippen LogP contribution in [-0.2, 0) is 21.3 Å². The summed E-state index contributed by atoms with van der Waals surface area (Å²) >= 11 is 1.46. The number of carboxylic acid groups (broad SMARTS) is 1. The first-order valence-corrected chi connectivity index (χ1v) is 12.0. The molecule has 0 aliphatic heterocycles. The van der Waals surface area contributed by atoms with Crippen LogP contribution in [0.3, 0.4) is 0 Å². The van der Waals surface area contributed by atoms with Gasteiger partial charge in [-0.2, -0.15) is 4.31 Å². The van der Waals surface area contributed by atoms with Crippen molar-refractivity contribution in [3.05, 3.63) is 22.4 Å². The van der Waals surface area contributed by atoms with Crippen molar-refractivity contribution in [3.63, 3.8) is 0 Å². The molecular formula is C18H31N3O6S2. The maximum Gasteiger partial charge on any atom is 0.407 e. The number of alkyl carbamates (subject to hydrolysis) is 1. The monoisotopic (exact) mass is 449 g/mol. The molecule has 1 aromatic heterocycles. The van der Waals surface area contributed by atoms with Crippen molar-refractivity contribution >= 4 is 33.5 Å². The fourth-order valence-corrected chi connectivity index (χ4v) is 4.16. The number of carbonyl (C=O) groups excluding carboxylic acids is 1. The topological polar surface area (TPSA) is 125 Å². The van der Waals surface area contributed by atoms with Crippen molar-refractivity contribution in [1.29, 1.82) is 0 Å². The van der Waals surface area contributed by atoms with Gasteiger partial charge in [0.05, 0.1) is 6.26 Å². The quantitative estimate of drug-likeness (QED) is 0.446. The van der Waals surface area contributed by atoms with Crippen LogP contribution in [0.25, 0.3) is 0 Å². The molecule has 1 aromatic rings. The van der Waals surface area contributed by atoms with Crippen LogP contribution in [0, 0.1) is 0 Å². The van der Waals surface area contributed by atoms with Gasteiger partial charge in [0.15, 0.2) is 0 Å². The van der Waals surface area contributed by atoms with E-state index in [1.807, 2.05) is 17.5 Å². The molecule has 1 rings (SSSR count). The number of amides is 2. The predicted octanol–water partition coefficient (Wildman–Crippen LogP) is 2.84. The van der Waals surface area contributed by atoms with E-state index in [2.05, 4.69) is 10.6 Å². The molecule has 0 aliphatic carbocycles. The largest absolute Gasteiger partial charge is 0.465 e. The summed E-state index contributed by atoms with van der Waals surface area (Å²) < 4.78 is 31.2. The van der Waals surface area contributed by atoms with Gasteiger partial charge in [-0.1, -0.05) is 6.07 Å². The van der Waals surface area contributed by atoms with E-state index in [1.165, 1.54) is 15.6 Å². The van der Waals surface area contributed by atoms with E-state index in [4.69, 9.17) is 9.84 Å². The van der Waals surface area contributed by atoms with Gasteiger partial charge in [-0.15, -0.1) is 11.3 Å². The second-order valence-corrected chi connectivity index (χ2v) is 10.7. The molecular weight excluding hydrogens is 418 g/mol. The Morgan fingerprint density at radius 3 is 2.52 bits per heavy atom. The summed E-state index contributed by atoms with van der Waals surface area (Å²) in [5, 5.41) is 15.5. The van der Waals surface area contributed by atoms with Crippen molar-refractivity contribution in [2.75, 3.05) is 19.3 Å². The van der Waals surface area contributed by atoms with Gasteiger partial charge in [-0.3, -0.25) is 0 Å². The highest BCUT2D eigenvalue weighted by Gasteiger charge is 2.25. The molecule has 0 aliphatic rings. The number of carbonyl (C=O) groups is 2. The number of sulfonamides is 1. The van der Waals surface area contributed by atoms with Crippen LogP contribution in [0.15, 0.2) is 17.5 Å². The standard InChI is InChI=1S/C18H31N3O6S2/c1-18(2,3)27-17(24)20-14(8-5-6-10-19-16(22)23)12-21(29(4,25)26)13-15-9-7-11-28-15/h7,9,11,14,19H,5-6,8,10,12-13H2,1-4H3,(H,20,24)(H,22,23). The maximum atomic E-state index is 12.3. The molecule has 0 radical (unpaired) electrons. The summed E-state index contributed by atoms with van der Waals surface area (Å²) in [4.78, 5) is 23.6. The summed E-state index contributed by atoms with van der Waals surface area (Å²) in [6.07, 6.45) is 1.10. The van der Waals surface area contributed by atoms with Crippen LogP contribution in [0.4, 0.5) is 9.59 Å². The zero-order valence-electron chi connectivity index (χ0n) is 17.3. The number of nitrogens with one attached hydrogen (secondary N) is 2. The highest BCUT2D eigenvalue weighted by molar-refractivity contribution is 7.88. The Bertz CT molecular complexity index is 744. The van der Waals surface area contributed by atoms with Gasteiger partial charge in [-0.05, 0) is 51.5 Å². The Morgan fingerprint density at radius 2 is 2.00 bits per heavy atom. The molecule has 11 heteroatoms. The van der Waals surface area contributed by atoms with Crippen LogP contribution in [-0.4, -0.2) is 61.0 Å². The average molecular weight is 450 g/mol. The van der Waals surface area contributed by atoms with Crippen LogP contribution in [0.2, 0.25) is 0 Å². The molecule has 0 fully saturated rings. The number of thiophene rings is 1. The fraction of sp³-hybridized carbons (Fsp3) is 0.667. The Balaban J connectivity index is 2.79. The van der Waals surface area contributed by atoms with Gasteiger partial charge in [0, 0.05) is 30.6 Å². The number of hydrogen-bond donors (Lipinski definition) is 3. The van der Waals surface area contributed by atoms with Crippen LogP contribution < -0.4 is 10.6 Å². The summed E-state index contributed by atoms with van der Waals surface area (Å²) in [7, 11) is -3.50. The van der Waals surface area contributed by atoms with E-state index in [9.17, 15) is 18.0 Å². The fourth-order valence-electron chi connectivity index (χ4n) is 2.53. The zero-order chi connectivity index (χ0) is 22.1. The lowest BCUT2D eigenvalue weighted by atomic mass is 10.1. The lowest BCUT2D eigenvalue weighted by molar-refractivity contribution is 0.0494. The van der Waals surface area contributed by atoms with Crippen LogP contribution in [0.1, 0.15) is 44.9 Å². The molecule has 166 valence electrons. The number of hydrogen-bond acceptors (Lipinski definition) is 6. The van der Waals surface area contributed by atoms with E-state index >= 15 is 0 Å². The summed E-state index contributed by atoms with van der Waals surface area (Å²) in [5.74, 6) is 0. The summed E-state index contributed by atoms with van der Waals surface area (Å²) in [5.41, 5.74) is -0.673. The number of rotatable bonds is 11. The third-order valence-corrected chi connectivity index (χ3v) is 5.86. The summed E-state index contributed by atoms with van der Waals surface area (Å²) in [6.45, 7) is 5.86. The van der Waals surface area contributed by atoms with Gasteiger partial charge in [0.25, 0.3) is 0 Å². The van der Waals surface area contributed by atoms with Crippen molar-refractivity contribution in [1.82, 2.24) is 14.9 Å².